The molecule has 0 radical (unpaired) electrons. The Kier molecular flexibility index (Phi) is 3.66. The van der Waals surface area contributed by atoms with Gasteiger partial charge in [-0.2, -0.15) is 5.10 Å². The molecular weight excluding hydrogens is 376 g/mol. The van der Waals surface area contributed by atoms with Crippen molar-refractivity contribution in [2.45, 2.75) is 0 Å². The van der Waals surface area contributed by atoms with E-state index in [0.29, 0.717) is 28.7 Å². The Morgan fingerprint density at radius 3 is 2.88 bits per heavy atom. The van der Waals surface area contributed by atoms with Crippen LogP contribution >= 0.6 is 15.9 Å². The van der Waals surface area contributed by atoms with Crippen LogP contribution < -0.4 is 14.8 Å². The lowest BCUT2D eigenvalue weighted by atomic mass is 10.1. The molecule has 4 rings (SSSR count). The van der Waals surface area contributed by atoms with E-state index in [1.165, 1.54) is 0 Å². The minimum absolute atomic E-state index is 0.215. The predicted molar refractivity (Wildman–Crippen MR) is 90.0 cm³/mol. The highest BCUT2D eigenvalue weighted by molar-refractivity contribution is 9.10. The van der Waals surface area contributed by atoms with E-state index < -0.39 is 0 Å². The van der Waals surface area contributed by atoms with Gasteiger partial charge in [0.15, 0.2) is 11.5 Å². The highest BCUT2D eigenvalue weighted by atomic mass is 79.9. The van der Waals surface area contributed by atoms with Gasteiger partial charge in [0.05, 0.1) is 5.69 Å². The molecule has 120 valence electrons. The summed E-state index contributed by atoms with van der Waals surface area (Å²) >= 11 is 3.30. The Balaban J connectivity index is 1.54. The third-order valence-corrected chi connectivity index (χ3v) is 3.93. The molecule has 0 spiro atoms. The summed E-state index contributed by atoms with van der Waals surface area (Å²) < 4.78 is 11.5. The van der Waals surface area contributed by atoms with Crippen molar-refractivity contribution in [2.75, 3.05) is 12.1 Å². The smallest absolute Gasteiger partial charge is 0.274 e. The summed E-state index contributed by atoms with van der Waals surface area (Å²) in [5.74, 6) is 1.51. The van der Waals surface area contributed by atoms with Crippen molar-refractivity contribution in [1.82, 2.24) is 15.2 Å². The van der Waals surface area contributed by atoms with Gasteiger partial charge in [0.25, 0.3) is 5.91 Å². The molecule has 0 aliphatic carbocycles. The van der Waals surface area contributed by atoms with Crippen LogP contribution in [0.3, 0.4) is 0 Å². The standard InChI is InChI=1S/C16H11BrN4O3/c17-10-2-4-15(18-7-10)19-16(22)12-6-11(20-21-12)9-1-3-13-14(5-9)24-8-23-13/h1-7H,8H2,(H,20,21)(H,18,19,22). The van der Waals surface area contributed by atoms with Crippen LogP contribution in [0, 0.1) is 0 Å². The fourth-order valence-corrected chi connectivity index (χ4v) is 2.51. The largest absolute Gasteiger partial charge is 0.454 e. The molecule has 3 heterocycles. The zero-order valence-corrected chi connectivity index (χ0v) is 13.8. The number of rotatable bonds is 3. The molecule has 0 fully saturated rings. The quantitative estimate of drug-likeness (QED) is 0.721. The molecule has 7 nitrogen and oxygen atoms in total. The number of hydrogen-bond donors (Lipinski definition) is 2. The lowest BCUT2D eigenvalue weighted by molar-refractivity contribution is 0.102. The Morgan fingerprint density at radius 2 is 2.04 bits per heavy atom. The Morgan fingerprint density at radius 1 is 1.17 bits per heavy atom. The monoisotopic (exact) mass is 386 g/mol. The number of anilines is 1. The number of carbonyl (C=O) groups excluding carboxylic acids is 1. The molecule has 1 aromatic carbocycles. The molecule has 3 aromatic rings. The predicted octanol–water partition coefficient (Wildman–Crippen LogP) is 3.22. The van der Waals surface area contributed by atoms with Crippen LogP contribution in [-0.2, 0) is 0 Å². The third kappa shape index (κ3) is 2.83. The van der Waals surface area contributed by atoms with E-state index in [-0.39, 0.29) is 12.7 Å². The number of nitrogens with one attached hydrogen (secondary N) is 2. The summed E-state index contributed by atoms with van der Waals surface area (Å²) in [5.41, 5.74) is 1.81. The summed E-state index contributed by atoms with van der Waals surface area (Å²) in [6.07, 6.45) is 1.61. The molecule has 1 aliphatic rings. The first-order chi connectivity index (χ1) is 11.7. The number of ether oxygens (including phenoxy) is 2. The minimum atomic E-state index is -0.315. The number of nitrogens with zero attached hydrogens (tertiary/aromatic N) is 2. The second-order valence-electron chi connectivity index (χ2n) is 5.05. The number of aromatic nitrogens is 3. The van der Waals surface area contributed by atoms with Crippen molar-refractivity contribution in [2.24, 2.45) is 0 Å². The van der Waals surface area contributed by atoms with Gasteiger partial charge >= 0.3 is 0 Å². The topological polar surface area (TPSA) is 89.1 Å². The highest BCUT2D eigenvalue weighted by Crippen LogP contribution is 2.35. The number of halogens is 1. The second kappa shape index (κ2) is 5.97. The molecule has 0 bridgehead atoms. The molecule has 0 unspecified atom stereocenters. The van der Waals surface area contributed by atoms with Crippen molar-refractivity contribution in [1.29, 1.82) is 0 Å². The van der Waals surface area contributed by atoms with E-state index in [1.807, 2.05) is 18.2 Å². The molecule has 24 heavy (non-hydrogen) atoms. The maximum absolute atomic E-state index is 12.3. The maximum atomic E-state index is 12.3. The van der Waals surface area contributed by atoms with E-state index in [9.17, 15) is 4.79 Å². The van der Waals surface area contributed by atoms with Crippen molar-refractivity contribution in [3.05, 3.63) is 52.8 Å². The molecule has 0 saturated heterocycles. The molecule has 0 atom stereocenters. The van der Waals surface area contributed by atoms with Crippen molar-refractivity contribution in [3.63, 3.8) is 0 Å². The van der Waals surface area contributed by atoms with Crippen molar-refractivity contribution >= 4 is 27.7 Å². The van der Waals surface area contributed by atoms with Crippen LogP contribution in [-0.4, -0.2) is 27.9 Å². The zero-order valence-electron chi connectivity index (χ0n) is 12.2. The van der Waals surface area contributed by atoms with Gasteiger partial charge in [0.2, 0.25) is 6.79 Å². The number of H-pyrrole nitrogens is 1. The van der Waals surface area contributed by atoms with E-state index in [0.717, 1.165) is 10.0 Å². The van der Waals surface area contributed by atoms with E-state index in [1.54, 1.807) is 24.4 Å². The number of fused-ring (bicyclic) bond motifs is 1. The Hall–Kier alpha value is -2.87. The fraction of sp³-hybridized carbons (Fsp3) is 0.0625. The first kappa shape index (κ1) is 14.7. The SMILES string of the molecule is O=C(Nc1ccc(Br)cn1)c1cc(-c2ccc3c(c2)OCO3)n[nH]1. The van der Waals surface area contributed by atoms with Crippen LogP contribution in [0.4, 0.5) is 5.82 Å². The van der Waals surface area contributed by atoms with Crippen LogP contribution in [0.5, 0.6) is 11.5 Å². The molecule has 2 N–H and O–H groups in total. The van der Waals surface area contributed by atoms with Crippen LogP contribution in [0.2, 0.25) is 0 Å². The van der Waals surface area contributed by atoms with Gasteiger partial charge in [-0.15, -0.1) is 0 Å². The summed E-state index contributed by atoms with van der Waals surface area (Å²) in [7, 11) is 0. The van der Waals surface area contributed by atoms with Gasteiger partial charge < -0.3 is 14.8 Å². The number of carbonyl (C=O) groups is 1. The van der Waals surface area contributed by atoms with Crippen LogP contribution in [0.25, 0.3) is 11.3 Å². The average Bonchev–Trinajstić information content (AvgIpc) is 3.25. The Labute approximate surface area is 145 Å². The lowest BCUT2D eigenvalue weighted by Gasteiger charge is -2.01. The molecule has 2 aromatic heterocycles. The van der Waals surface area contributed by atoms with Crippen LogP contribution in [0.15, 0.2) is 47.1 Å². The molecular formula is C16H11BrN4O3. The first-order valence-electron chi connectivity index (χ1n) is 7.07. The third-order valence-electron chi connectivity index (χ3n) is 3.46. The van der Waals surface area contributed by atoms with Gasteiger partial charge in [-0.1, -0.05) is 0 Å². The number of benzene rings is 1. The number of amides is 1. The summed E-state index contributed by atoms with van der Waals surface area (Å²) in [4.78, 5) is 16.4. The van der Waals surface area contributed by atoms with Gasteiger partial charge in [-0.25, -0.2) is 4.98 Å². The zero-order chi connectivity index (χ0) is 16.5. The summed E-state index contributed by atoms with van der Waals surface area (Å²) in [6, 6.07) is 10.7. The first-order valence-corrected chi connectivity index (χ1v) is 7.87. The normalized spacial score (nSPS) is 12.2. The van der Waals surface area contributed by atoms with Gasteiger partial charge in [-0.05, 0) is 52.3 Å². The minimum Gasteiger partial charge on any atom is -0.454 e. The molecule has 8 heteroatoms. The number of hydrogen-bond acceptors (Lipinski definition) is 5. The highest BCUT2D eigenvalue weighted by Gasteiger charge is 2.16. The van der Waals surface area contributed by atoms with Gasteiger partial charge in [-0.3, -0.25) is 9.89 Å². The second-order valence-corrected chi connectivity index (χ2v) is 5.97. The maximum Gasteiger partial charge on any atom is 0.274 e. The summed E-state index contributed by atoms with van der Waals surface area (Å²) in [5, 5.41) is 9.62. The van der Waals surface area contributed by atoms with Gasteiger partial charge in [0.1, 0.15) is 11.5 Å². The molecule has 0 saturated carbocycles. The van der Waals surface area contributed by atoms with Crippen molar-refractivity contribution in [3.8, 4) is 22.8 Å². The number of aromatic amines is 1. The van der Waals surface area contributed by atoms with Crippen LogP contribution in [0.1, 0.15) is 10.5 Å². The average molecular weight is 387 g/mol. The lowest BCUT2D eigenvalue weighted by Crippen LogP contribution is -2.13. The van der Waals surface area contributed by atoms with E-state index in [2.05, 4.69) is 36.4 Å². The van der Waals surface area contributed by atoms with E-state index >= 15 is 0 Å². The fourth-order valence-electron chi connectivity index (χ4n) is 2.28. The molecule has 1 aliphatic heterocycles. The summed E-state index contributed by atoms with van der Waals surface area (Å²) in [6.45, 7) is 0.215. The van der Waals surface area contributed by atoms with Gasteiger partial charge in [0, 0.05) is 16.2 Å². The number of pyridine rings is 1. The molecule has 1 amide bonds. The van der Waals surface area contributed by atoms with E-state index in [4.69, 9.17) is 9.47 Å². The van der Waals surface area contributed by atoms with Crippen molar-refractivity contribution < 1.29 is 14.3 Å². The Bertz CT molecular complexity index is 908.